The van der Waals surface area contributed by atoms with Crippen molar-refractivity contribution in [2.45, 2.75) is 14.8 Å². The summed E-state index contributed by atoms with van der Waals surface area (Å²) in [4.78, 5) is 27.1. The maximum atomic E-state index is 12.4. The molecule has 3 heterocycles. The molecule has 0 atom stereocenters. The number of carbonyl (C=O) groups excluding carboxylic acids is 2. The lowest BCUT2D eigenvalue weighted by Crippen LogP contribution is -2.43. The highest BCUT2D eigenvalue weighted by Crippen LogP contribution is 2.43. The van der Waals surface area contributed by atoms with Crippen LogP contribution in [-0.2, 0) is 26.0 Å². The second kappa shape index (κ2) is 8.31. The van der Waals surface area contributed by atoms with Gasteiger partial charge in [0.15, 0.2) is 0 Å². The molecule has 1 N–H and O–H groups in total. The maximum absolute atomic E-state index is 12.4. The van der Waals surface area contributed by atoms with E-state index in [1.807, 2.05) is 17.5 Å². The first-order valence-corrected chi connectivity index (χ1v) is 12.2. The third-order valence-corrected chi connectivity index (χ3v) is 9.47. The number of hydrogen-bond acceptors (Lipinski definition) is 7. The molecule has 1 aliphatic rings. The summed E-state index contributed by atoms with van der Waals surface area (Å²) in [6, 6.07) is 5.45. The molecule has 146 valence electrons. The molecule has 0 spiro atoms. The first-order valence-electron chi connectivity index (χ1n) is 8.07. The fourth-order valence-electron chi connectivity index (χ4n) is 2.43. The predicted octanol–water partition coefficient (Wildman–Crippen LogP) is 1.86. The molecule has 7 nitrogen and oxygen atoms in total. The van der Waals surface area contributed by atoms with Crippen LogP contribution in [0.4, 0.5) is 5.69 Å². The van der Waals surface area contributed by atoms with Gasteiger partial charge in [0.2, 0.25) is 11.8 Å². The van der Waals surface area contributed by atoms with Crippen LogP contribution < -0.4 is 10.2 Å². The SMILES string of the molecule is CN(C)S(=O)(=O)c1cc2c(s1)SCC(=O)N2CC(=O)NCCc1cccs1. The van der Waals surface area contributed by atoms with Crippen LogP contribution in [0.1, 0.15) is 4.88 Å². The van der Waals surface area contributed by atoms with Crippen molar-refractivity contribution in [3.63, 3.8) is 0 Å². The quantitative estimate of drug-likeness (QED) is 0.703. The van der Waals surface area contributed by atoms with Crippen molar-refractivity contribution in [1.29, 1.82) is 0 Å². The van der Waals surface area contributed by atoms with E-state index >= 15 is 0 Å². The minimum absolute atomic E-state index is 0.116. The summed E-state index contributed by atoms with van der Waals surface area (Å²) < 4.78 is 26.8. The van der Waals surface area contributed by atoms with Gasteiger partial charge in [0.05, 0.1) is 15.6 Å². The van der Waals surface area contributed by atoms with Crippen LogP contribution >= 0.6 is 34.4 Å². The Balaban J connectivity index is 1.70. The van der Waals surface area contributed by atoms with Crippen LogP contribution in [-0.4, -0.2) is 57.5 Å². The summed E-state index contributed by atoms with van der Waals surface area (Å²) >= 11 is 4.07. The minimum atomic E-state index is -3.58. The van der Waals surface area contributed by atoms with Crippen molar-refractivity contribution in [2.75, 3.05) is 37.8 Å². The largest absolute Gasteiger partial charge is 0.354 e. The van der Waals surface area contributed by atoms with Gasteiger partial charge in [0.1, 0.15) is 10.8 Å². The van der Waals surface area contributed by atoms with Gasteiger partial charge in [-0.2, -0.15) is 0 Å². The number of hydrogen-bond donors (Lipinski definition) is 1. The van der Waals surface area contributed by atoms with Crippen molar-refractivity contribution in [1.82, 2.24) is 9.62 Å². The van der Waals surface area contributed by atoms with Crippen molar-refractivity contribution < 1.29 is 18.0 Å². The van der Waals surface area contributed by atoms with E-state index in [-0.39, 0.29) is 28.3 Å². The molecule has 0 unspecified atom stereocenters. The predicted molar refractivity (Wildman–Crippen MR) is 109 cm³/mol. The summed E-state index contributed by atoms with van der Waals surface area (Å²) in [7, 11) is -0.652. The summed E-state index contributed by atoms with van der Waals surface area (Å²) in [5.41, 5.74) is 0.495. The molecule has 3 rings (SSSR count). The average molecular weight is 446 g/mol. The van der Waals surface area contributed by atoms with Crippen LogP contribution in [0.2, 0.25) is 0 Å². The fraction of sp³-hybridized carbons (Fsp3) is 0.375. The van der Waals surface area contributed by atoms with Crippen LogP contribution in [0, 0.1) is 0 Å². The molecule has 0 radical (unpaired) electrons. The number of sulfonamides is 1. The van der Waals surface area contributed by atoms with Gasteiger partial charge >= 0.3 is 0 Å². The average Bonchev–Trinajstić information content (AvgIpc) is 3.27. The van der Waals surface area contributed by atoms with E-state index in [1.165, 1.54) is 41.7 Å². The monoisotopic (exact) mass is 445 g/mol. The van der Waals surface area contributed by atoms with E-state index in [0.717, 1.165) is 26.3 Å². The zero-order valence-corrected chi connectivity index (χ0v) is 18.1. The van der Waals surface area contributed by atoms with Gasteiger partial charge in [-0.25, -0.2) is 12.7 Å². The van der Waals surface area contributed by atoms with Gasteiger partial charge in [-0.05, 0) is 23.9 Å². The Labute approximate surface area is 170 Å². The number of rotatable bonds is 7. The minimum Gasteiger partial charge on any atom is -0.354 e. The van der Waals surface area contributed by atoms with Gasteiger partial charge < -0.3 is 10.2 Å². The molecule has 2 aromatic heterocycles. The van der Waals surface area contributed by atoms with E-state index in [2.05, 4.69) is 5.32 Å². The number of anilines is 1. The highest BCUT2D eigenvalue weighted by molar-refractivity contribution is 8.02. The lowest BCUT2D eigenvalue weighted by molar-refractivity contribution is -0.122. The first kappa shape index (κ1) is 20.3. The Morgan fingerprint density at radius 3 is 2.81 bits per heavy atom. The van der Waals surface area contributed by atoms with Gasteiger partial charge in [-0.3, -0.25) is 9.59 Å². The molecule has 0 fully saturated rings. The standard InChI is InChI=1S/C16H19N3O4S4/c1-18(2)27(22,23)15-8-12-16(26-15)25-10-14(21)19(12)9-13(20)17-6-5-11-4-3-7-24-11/h3-4,7-8H,5-6,9-10H2,1-2H3,(H,17,20). The molecule has 0 saturated carbocycles. The Hall–Kier alpha value is -1.40. The fourth-order valence-corrected chi connectivity index (χ4v) is 7.08. The molecular formula is C16H19N3O4S4. The Bertz CT molecular complexity index is 935. The summed E-state index contributed by atoms with van der Waals surface area (Å²) in [6.45, 7) is 0.377. The summed E-state index contributed by atoms with van der Waals surface area (Å²) in [5, 5.41) is 4.80. The molecule has 0 bridgehead atoms. The van der Waals surface area contributed by atoms with E-state index in [0.29, 0.717) is 12.2 Å². The van der Waals surface area contributed by atoms with Gasteiger partial charge in [0, 0.05) is 25.5 Å². The van der Waals surface area contributed by atoms with Crippen molar-refractivity contribution in [3.8, 4) is 0 Å². The molecule has 27 heavy (non-hydrogen) atoms. The lowest BCUT2D eigenvalue weighted by atomic mass is 10.3. The van der Waals surface area contributed by atoms with E-state index in [4.69, 9.17) is 0 Å². The van der Waals surface area contributed by atoms with Crippen LogP contribution in [0.25, 0.3) is 0 Å². The topological polar surface area (TPSA) is 86.8 Å². The zero-order chi connectivity index (χ0) is 19.6. The normalized spacial score (nSPS) is 14.5. The van der Waals surface area contributed by atoms with Crippen molar-refractivity contribution in [3.05, 3.63) is 28.5 Å². The smallest absolute Gasteiger partial charge is 0.252 e. The van der Waals surface area contributed by atoms with Crippen LogP contribution in [0.5, 0.6) is 0 Å². The Morgan fingerprint density at radius 2 is 2.15 bits per heavy atom. The summed E-state index contributed by atoms with van der Waals surface area (Å²) in [6.07, 6.45) is 0.738. The lowest BCUT2D eigenvalue weighted by Gasteiger charge is -2.25. The van der Waals surface area contributed by atoms with Gasteiger partial charge in [0.25, 0.3) is 10.0 Å². The third kappa shape index (κ3) is 4.54. The first-order chi connectivity index (χ1) is 12.8. The highest BCUT2D eigenvalue weighted by atomic mass is 32.3. The van der Waals surface area contributed by atoms with E-state index in [1.54, 1.807) is 11.3 Å². The molecule has 0 aromatic carbocycles. The second-order valence-electron chi connectivity index (χ2n) is 5.97. The molecular weight excluding hydrogens is 426 g/mol. The number of thioether (sulfide) groups is 1. The molecule has 2 aromatic rings. The maximum Gasteiger partial charge on any atom is 0.252 e. The summed E-state index contributed by atoms with van der Waals surface area (Å²) in [5.74, 6) is -0.272. The highest BCUT2D eigenvalue weighted by Gasteiger charge is 2.32. The van der Waals surface area contributed by atoms with Gasteiger partial charge in [-0.1, -0.05) is 6.07 Å². The third-order valence-electron chi connectivity index (χ3n) is 3.89. The Kier molecular flexibility index (Phi) is 6.26. The number of carbonyl (C=O) groups is 2. The van der Waals surface area contributed by atoms with Crippen molar-refractivity contribution in [2.24, 2.45) is 0 Å². The van der Waals surface area contributed by atoms with Crippen molar-refractivity contribution >= 4 is 62.0 Å². The number of nitrogens with zero attached hydrogens (tertiary/aromatic N) is 2. The van der Waals surface area contributed by atoms with Gasteiger partial charge in [-0.15, -0.1) is 34.4 Å². The molecule has 1 aliphatic heterocycles. The number of thiophene rings is 2. The molecule has 11 heteroatoms. The van der Waals surface area contributed by atoms with E-state index in [9.17, 15) is 18.0 Å². The molecule has 0 aliphatic carbocycles. The second-order valence-corrected chi connectivity index (χ2v) is 11.7. The molecule has 2 amide bonds. The van der Waals surface area contributed by atoms with E-state index < -0.39 is 10.0 Å². The molecule has 0 saturated heterocycles. The Morgan fingerprint density at radius 1 is 1.37 bits per heavy atom. The number of amides is 2. The van der Waals surface area contributed by atoms with Crippen LogP contribution in [0.3, 0.4) is 0 Å². The number of fused-ring (bicyclic) bond motifs is 1. The zero-order valence-electron chi connectivity index (χ0n) is 14.8. The number of nitrogens with one attached hydrogen (secondary N) is 1. The van der Waals surface area contributed by atoms with Crippen LogP contribution in [0.15, 0.2) is 32.0 Å².